The van der Waals surface area contributed by atoms with Crippen LogP contribution >= 0.6 is 11.3 Å². The molecule has 0 amide bonds. The van der Waals surface area contributed by atoms with Crippen molar-refractivity contribution in [1.82, 2.24) is 0 Å². The number of rotatable bonds is 5. The fourth-order valence-electron chi connectivity index (χ4n) is 0.995. The molecule has 1 rings (SSSR count). The van der Waals surface area contributed by atoms with Gasteiger partial charge in [0.1, 0.15) is 10.6 Å². The first kappa shape index (κ1) is 10.7. The first-order valence-corrected chi connectivity index (χ1v) is 4.89. The van der Waals surface area contributed by atoms with Crippen molar-refractivity contribution >= 4 is 23.1 Å². The lowest BCUT2D eigenvalue weighted by atomic mass is 10.2. The van der Waals surface area contributed by atoms with Gasteiger partial charge in [-0.05, 0) is 11.4 Å². The molecule has 0 fully saturated rings. The van der Waals surface area contributed by atoms with E-state index in [9.17, 15) is 9.59 Å². The van der Waals surface area contributed by atoms with Gasteiger partial charge in [-0.3, -0.25) is 9.59 Å². The van der Waals surface area contributed by atoms with Crippen molar-refractivity contribution in [3.63, 3.8) is 0 Å². The summed E-state index contributed by atoms with van der Waals surface area (Å²) in [6.07, 6.45) is -0.119. The molecular formula is C9H10O4S. The van der Waals surface area contributed by atoms with Gasteiger partial charge in [0, 0.05) is 6.42 Å². The molecule has 5 heteroatoms. The summed E-state index contributed by atoms with van der Waals surface area (Å²) in [5, 5.41) is 10.1. The maximum absolute atomic E-state index is 11.5. The van der Waals surface area contributed by atoms with E-state index in [0.717, 1.165) is 0 Å². The molecule has 4 nitrogen and oxygen atoms in total. The predicted octanol–water partition coefficient (Wildman–Crippen LogP) is 1.80. The molecule has 14 heavy (non-hydrogen) atoms. The second kappa shape index (κ2) is 4.76. The minimum Gasteiger partial charge on any atom is -0.495 e. The summed E-state index contributed by atoms with van der Waals surface area (Å²) < 4.78 is 4.96. The van der Waals surface area contributed by atoms with Crippen LogP contribution in [0.5, 0.6) is 5.75 Å². The fraction of sp³-hybridized carbons (Fsp3) is 0.333. The summed E-state index contributed by atoms with van der Waals surface area (Å²) in [7, 11) is 1.48. The van der Waals surface area contributed by atoms with Crippen LogP contribution in [0.2, 0.25) is 0 Å². The van der Waals surface area contributed by atoms with Crippen LogP contribution in [0, 0.1) is 0 Å². The summed E-state index contributed by atoms with van der Waals surface area (Å²) >= 11 is 1.27. The Bertz CT molecular complexity index is 342. The van der Waals surface area contributed by atoms with Gasteiger partial charge < -0.3 is 9.84 Å². The van der Waals surface area contributed by atoms with Crippen LogP contribution in [-0.4, -0.2) is 24.0 Å². The molecule has 1 heterocycles. The number of hydrogen-bond donors (Lipinski definition) is 1. The Kier molecular flexibility index (Phi) is 3.64. The lowest BCUT2D eigenvalue weighted by Crippen LogP contribution is -2.03. The summed E-state index contributed by atoms with van der Waals surface area (Å²) in [5.41, 5.74) is 0. The highest BCUT2D eigenvalue weighted by Crippen LogP contribution is 2.25. The largest absolute Gasteiger partial charge is 0.495 e. The fourth-order valence-corrected chi connectivity index (χ4v) is 1.82. The van der Waals surface area contributed by atoms with Gasteiger partial charge in [-0.25, -0.2) is 0 Å². The van der Waals surface area contributed by atoms with E-state index in [-0.39, 0.29) is 18.6 Å². The molecule has 0 radical (unpaired) electrons. The molecule has 0 aliphatic carbocycles. The van der Waals surface area contributed by atoms with Gasteiger partial charge in [-0.1, -0.05) is 0 Å². The van der Waals surface area contributed by atoms with Gasteiger partial charge in [0.25, 0.3) is 0 Å². The number of aliphatic carboxylic acids is 1. The number of carboxylic acid groups (broad SMARTS) is 1. The summed E-state index contributed by atoms with van der Waals surface area (Å²) in [6.45, 7) is 0. The third-order valence-electron chi connectivity index (χ3n) is 1.67. The maximum atomic E-state index is 11.5. The molecule has 0 saturated heterocycles. The number of carbonyl (C=O) groups is 2. The van der Waals surface area contributed by atoms with E-state index in [2.05, 4.69) is 0 Å². The number of thiophene rings is 1. The van der Waals surface area contributed by atoms with Crippen LogP contribution in [-0.2, 0) is 4.79 Å². The monoisotopic (exact) mass is 214 g/mol. The molecule has 0 aliphatic rings. The second-order valence-electron chi connectivity index (χ2n) is 2.64. The van der Waals surface area contributed by atoms with Crippen molar-refractivity contribution in [2.75, 3.05) is 7.11 Å². The van der Waals surface area contributed by atoms with Crippen molar-refractivity contribution < 1.29 is 19.4 Å². The van der Waals surface area contributed by atoms with Gasteiger partial charge in [0.2, 0.25) is 0 Å². The van der Waals surface area contributed by atoms with Gasteiger partial charge in [0.15, 0.2) is 5.78 Å². The van der Waals surface area contributed by atoms with Crippen molar-refractivity contribution in [3.05, 3.63) is 16.3 Å². The first-order chi connectivity index (χ1) is 6.65. The van der Waals surface area contributed by atoms with Crippen LogP contribution < -0.4 is 4.74 Å². The Morgan fingerprint density at radius 2 is 2.21 bits per heavy atom. The maximum Gasteiger partial charge on any atom is 0.303 e. The molecule has 0 atom stereocenters. The van der Waals surface area contributed by atoms with Crippen LogP contribution in [0.25, 0.3) is 0 Å². The number of carboxylic acids is 1. The first-order valence-electron chi connectivity index (χ1n) is 4.01. The standard InChI is InChI=1S/C9H10O4S/c1-13-7-4-5-14-9(7)6(10)2-3-8(11)12/h4-5H,2-3H2,1H3,(H,11,12). The highest BCUT2D eigenvalue weighted by molar-refractivity contribution is 7.12. The Balaban J connectivity index is 2.64. The Hall–Kier alpha value is -1.36. The zero-order chi connectivity index (χ0) is 10.6. The third kappa shape index (κ3) is 2.56. The molecule has 0 unspecified atom stereocenters. The van der Waals surface area contributed by atoms with E-state index in [0.29, 0.717) is 10.6 Å². The Morgan fingerprint density at radius 3 is 2.79 bits per heavy atom. The molecule has 0 spiro atoms. The van der Waals surface area contributed by atoms with E-state index < -0.39 is 5.97 Å². The highest BCUT2D eigenvalue weighted by Gasteiger charge is 2.14. The number of Topliss-reactive ketones (excluding diaryl/α,β-unsaturated/α-hetero) is 1. The summed E-state index contributed by atoms with van der Waals surface area (Å²) in [5.74, 6) is -0.626. The molecule has 1 N–H and O–H groups in total. The van der Waals surface area contributed by atoms with E-state index in [1.54, 1.807) is 11.4 Å². The van der Waals surface area contributed by atoms with Crippen LogP contribution in [0.4, 0.5) is 0 Å². The van der Waals surface area contributed by atoms with Crippen LogP contribution in [0.15, 0.2) is 11.4 Å². The molecule has 0 bridgehead atoms. The minimum atomic E-state index is -0.964. The van der Waals surface area contributed by atoms with Crippen molar-refractivity contribution in [1.29, 1.82) is 0 Å². The number of hydrogen-bond acceptors (Lipinski definition) is 4. The molecule has 1 aromatic heterocycles. The zero-order valence-electron chi connectivity index (χ0n) is 7.65. The average Bonchev–Trinajstić information content (AvgIpc) is 2.61. The smallest absolute Gasteiger partial charge is 0.303 e. The highest BCUT2D eigenvalue weighted by atomic mass is 32.1. The van der Waals surface area contributed by atoms with E-state index in [1.807, 2.05) is 0 Å². The molecular weight excluding hydrogens is 204 g/mol. The van der Waals surface area contributed by atoms with Crippen LogP contribution in [0.1, 0.15) is 22.5 Å². The van der Waals surface area contributed by atoms with Crippen molar-refractivity contribution in [3.8, 4) is 5.75 Å². The third-order valence-corrected chi connectivity index (χ3v) is 2.60. The Labute approximate surface area is 85.1 Å². The zero-order valence-corrected chi connectivity index (χ0v) is 8.47. The van der Waals surface area contributed by atoms with Gasteiger partial charge >= 0.3 is 5.97 Å². The molecule has 0 saturated carbocycles. The Morgan fingerprint density at radius 1 is 1.50 bits per heavy atom. The van der Waals surface area contributed by atoms with Gasteiger partial charge in [-0.15, -0.1) is 11.3 Å². The van der Waals surface area contributed by atoms with E-state index in [4.69, 9.17) is 9.84 Å². The lowest BCUT2D eigenvalue weighted by molar-refractivity contribution is -0.136. The van der Waals surface area contributed by atoms with Crippen LogP contribution in [0.3, 0.4) is 0 Å². The number of methoxy groups -OCH3 is 1. The van der Waals surface area contributed by atoms with Gasteiger partial charge in [0.05, 0.1) is 13.5 Å². The number of ether oxygens (including phenoxy) is 1. The van der Waals surface area contributed by atoms with Gasteiger partial charge in [-0.2, -0.15) is 0 Å². The normalized spacial score (nSPS) is 9.79. The SMILES string of the molecule is COc1ccsc1C(=O)CCC(=O)O. The summed E-state index contributed by atoms with van der Waals surface area (Å²) in [4.78, 5) is 22.2. The van der Waals surface area contributed by atoms with Crippen molar-refractivity contribution in [2.24, 2.45) is 0 Å². The summed E-state index contributed by atoms with van der Waals surface area (Å²) in [6, 6.07) is 1.69. The molecule has 1 aromatic rings. The quantitative estimate of drug-likeness (QED) is 0.759. The molecule has 0 aliphatic heterocycles. The minimum absolute atomic E-state index is 0.0200. The number of carbonyl (C=O) groups excluding carboxylic acids is 1. The van der Waals surface area contributed by atoms with Crippen molar-refractivity contribution in [2.45, 2.75) is 12.8 Å². The molecule has 76 valence electrons. The topological polar surface area (TPSA) is 63.6 Å². The van der Waals surface area contributed by atoms with E-state index in [1.165, 1.54) is 18.4 Å². The average molecular weight is 214 g/mol. The lowest BCUT2D eigenvalue weighted by Gasteiger charge is -1.99. The molecule has 0 aromatic carbocycles. The van der Waals surface area contributed by atoms with E-state index >= 15 is 0 Å². The second-order valence-corrected chi connectivity index (χ2v) is 3.55. The number of ketones is 1. The predicted molar refractivity (Wildman–Crippen MR) is 52.1 cm³/mol.